The van der Waals surface area contributed by atoms with Gasteiger partial charge >= 0.3 is 0 Å². The summed E-state index contributed by atoms with van der Waals surface area (Å²) >= 11 is -1.95. The van der Waals surface area contributed by atoms with E-state index in [1.54, 1.807) is 18.5 Å². The van der Waals surface area contributed by atoms with E-state index in [2.05, 4.69) is 4.98 Å². The summed E-state index contributed by atoms with van der Waals surface area (Å²) in [5, 5.41) is 0.238. The number of imidazole rings is 1. The molecule has 10 heavy (non-hydrogen) atoms. The van der Waals surface area contributed by atoms with Gasteiger partial charge in [0.25, 0.3) is 0 Å². The van der Waals surface area contributed by atoms with Gasteiger partial charge in [-0.15, -0.1) is 0 Å². The minimum atomic E-state index is -1.95. The second kappa shape index (κ2) is 2.51. The third-order valence-corrected chi connectivity index (χ3v) is 2.08. The summed E-state index contributed by atoms with van der Waals surface area (Å²) < 4.78 is 20.8. The van der Waals surface area contributed by atoms with Crippen LogP contribution in [-0.2, 0) is 18.1 Å². The molecule has 0 spiro atoms. The van der Waals surface area contributed by atoms with Crippen LogP contribution in [0.15, 0.2) is 11.4 Å². The van der Waals surface area contributed by atoms with Crippen molar-refractivity contribution in [2.24, 2.45) is 7.05 Å². The van der Waals surface area contributed by atoms with Gasteiger partial charge in [-0.05, 0) is 6.92 Å². The number of nitrogens with zero attached hydrogens (tertiary/aromatic N) is 2. The summed E-state index contributed by atoms with van der Waals surface area (Å²) in [6.07, 6.45) is 1.51. The van der Waals surface area contributed by atoms with Crippen molar-refractivity contribution in [3.63, 3.8) is 0 Å². The van der Waals surface area contributed by atoms with E-state index >= 15 is 0 Å². The first-order valence-electron chi connectivity index (χ1n) is 2.71. The molecule has 0 saturated carbocycles. The first kappa shape index (κ1) is 7.43. The van der Waals surface area contributed by atoms with Gasteiger partial charge in [0.1, 0.15) is 0 Å². The Morgan fingerprint density at radius 2 is 2.40 bits per heavy atom. The molecular formula is C5H8N2O2S. The molecule has 0 bridgehead atoms. The zero-order chi connectivity index (χ0) is 7.72. The number of hydrogen-bond donors (Lipinski definition) is 1. The Morgan fingerprint density at radius 3 is 2.60 bits per heavy atom. The third kappa shape index (κ3) is 1.10. The average Bonchev–Trinajstić information content (AvgIpc) is 2.14. The van der Waals surface area contributed by atoms with Crippen LogP contribution in [-0.4, -0.2) is 18.3 Å². The van der Waals surface area contributed by atoms with Crippen LogP contribution in [0, 0.1) is 6.92 Å². The maximum atomic E-state index is 10.5. The summed E-state index contributed by atoms with van der Waals surface area (Å²) in [5.41, 5.74) is 0.723. The van der Waals surface area contributed by atoms with E-state index in [-0.39, 0.29) is 5.03 Å². The molecule has 4 nitrogen and oxygen atoms in total. The molecule has 1 unspecified atom stereocenters. The molecule has 1 N–H and O–H groups in total. The van der Waals surface area contributed by atoms with Crippen LogP contribution in [0.3, 0.4) is 0 Å². The zero-order valence-corrected chi connectivity index (χ0v) is 6.55. The van der Waals surface area contributed by atoms with E-state index in [1.165, 1.54) is 6.33 Å². The lowest BCUT2D eigenvalue weighted by Gasteiger charge is -1.92. The van der Waals surface area contributed by atoms with Gasteiger partial charge in [0.05, 0.1) is 12.0 Å². The molecule has 0 fully saturated rings. The average molecular weight is 160 g/mol. The van der Waals surface area contributed by atoms with Gasteiger partial charge in [-0.1, -0.05) is 0 Å². The van der Waals surface area contributed by atoms with Gasteiger partial charge < -0.3 is 9.12 Å². The highest BCUT2D eigenvalue weighted by molar-refractivity contribution is 7.79. The predicted octanol–water partition coefficient (Wildman–Crippen LogP) is 0.309. The number of aromatic nitrogens is 2. The van der Waals surface area contributed by atoms with Crippen molar-refractivity contribution < 1.29 is 8.76 Å². The molecule has 1 heterocycles. The Hall–Kier alpha value is -0.680. The lowest BCUT2D eigenvalue weighted by Crippen LogP contribution is -1.94. The monoisotopic (exact) mass is 160 g/mol. The fraction of sp³-hybridized carbons (Fsp3) is 0.400. The van der Waals surface area contributed by atoms with E-state index in [4.69, 9.17) is 4.55 Å². The lowest BCUT2D eigenvalue weighted by atomic mass is 10.5. The van der Waals surface area contributed by atoms with E-state index in [0.717, 1.165) is 5.69 Å². The highest BCUT2D eigenvalue weighted by Crippen LogP contribution is 2.06. The van der Waals surface area contributed by atoms with Crippen molar-refractivity contribution in [3.05, 3.63) is 12.0 Å². The van der Waals surface area contributed by atoms with E-state index in [1.807, 2.05) is 0 Å². The molecule has 0 radical (unpaired) electrons. The molecule has 0 aliphatic rings. The van der Waals surface area contributed by atoms with Crippen LogP contribution >= 0.6 is 0 Å². The van der Waals surface area contributed by atoms with Gasteiger partial charge in [0.2, 0.25) is 11.1 Å². The fourth-order valence-corrected chi connectivity index (χ4v) is 1.18. The van der Waals surface area contributed by atoms with Crippen molar-refractivity contribution >= 4 is 11.1 Å². The Kier molecular flexibility index (Phi) is 1.87. The standard InChI is InChI=1S/C5H8N2O2S/c1-4-5(10(8)9)6-3-7(4)2/h3H,1-2H3,(H,8,9). The summed E-state index contributed by atoms with van der Waals surface area (Å²) in [5.74, 6) is 0. The largest absolute Gasteiger partial charge is 0.337 e. The Morgan fingerprint density at radius 1 is 1.80 bits per heavy atom. The Labute approximate surface area is 61.2 Å². The maximum Gasteiger partial charge on any atom is 0.207 e. The van der Waals surface area contributed by atoms with Gasteiger partial charge in [-0.3, -0.25) is 0 Å². The highest BCUT2D eigenvalue weighted by Gasteiger charge is 2.07. The van der Waals surface area contributed by atoms with Crippen LogP contribution in [0.2, 0.25) is 0 Å². The van der Waals surface area contributed by atoms with Crippen molar-refractivity contribution in [1.29, 1.82) is 0 Å². The Bertz CT molecular complexity index is 269. The van der Waals surface area contributed by atoms with Gasteiger partial charge in [-0.25, -0.2) is 9.19 Å². The van der Waals surface area contributed by atoms with Crippen LogP contribution < -0.4 is 0 Å². The van der Waals surface area contributed by atoms with Crippen LogP contribution in [0.5, 0.6) is 0 Å². The highest BCUT2D eigenvalue weighted by atomic mass is 32.2. The molecule has 0 amide bonds. The molecule has 1 rings (SSSR count). The van der Waals surface area contributed by atoms with Crippen LogP contribution in [0.1, 0.15) is 5.69 Å². The van der Waals surface area contributed by atoms with E-state index in [9.17, 15) is 4.21 Å². The van der Waals surface area contributed by atoms with Crippen LogP contribution in [0.4, 0.5) is 0 Å². The van der Waals surface area contributed by atoms with Gasteiger partial charge in [0, 0.05) is 7.05 Å². The summed E-state index contributed by atoms with van der Waals surface area (Å²) in [4.78, 5) is 3.73. The molecule has 1 atom stereocenters. The zero-order valence-electron chi connectivity index (χ0n) is 5.74. The summed E-state index contributed by atoms with van der Waals surface area (Å²) in [6.45, 7) is 1.75. The van der Waals surface area contributed by atoms with Crippen molar-refractivity contribution in [2.75, 3.05) is 0 Å². The van der Waals surface area contributed by atoms with Crippen molar-refractivity contribution in [3.8, 4) is 0 Å². The van der Waals surface area contributed by atoms with Crippen molar-refractivity contribution in [1.82, 2.24) is 9.55 Å². The number of rotatable bonds is 1. The molecule has 5 heteroatoms. The van der Waals surface area contributed by atoms with E-state index in [0.29, 0.717) is 0 Å². The molecular weight excluding hydrogens is 152 g/mol. The number of aryl methyl sites for hydroxylation is 1. The fourth-order valence-electron chi connectivity index (χ4n) is 0.641. The van der Waals surface area contributed by atoms with E-state index < -0.39 is 11.1 Å². The Balaban J connectivity index is 3.17. The topological polar surface area (TPSA) is 55.1 Å². The molecule has 0 aromatic carbocycles. The normalized spacial score (nSPS) is 13.5. The predicted molar refractivity (Wildman–Crippen MR) is 37.0 cm³/mol. The van der Waals surface area contributed by atoms with Crippen LogP contribution in [0.25, 0.3) is 0 Å². The second-order valence-electron chi connectivity index (χ2n) is 2.00. The SMILES string of the molecule is Cc1c(S(=O)O)ncn1C. The van der Waals surface area contributed by atoms with Crippen molar-refractivity contribution in [2.45, 2.75) is 11.9 Å². The molecule has 0 aliphatic heterocycles. The maximum absolute atomic E-state index is 10.5. The first-order valence-corrected chi connectivity index (χ1v) is 3.82. The lowest BCUT2D eigenvalue weighted by molar-refractivity contribution is 0.560. The smallest absolute Gasteiger partial charge is 0.207 e. The quantitative estimate of drug-likeness (QED) is 0.601. The minimum absolute atomic E-state index is 0.238. The molecule has 0 aliphatic carbocycles. The van der Waals surface area contributed by atoms with Gasteiger partial charge in [-0.2, -0.15) is 0 Å². The summed E-state index contributed by atoms with van der Waals surface area (Å²) in [6, 6.07) is 0. The third-order valence-electron chi connectivity index (χ3n) is 1.35. The first-order chi connectivity index (χ1) is 4.63. The second-order valence-corrected chi connectivity index (χ2v) is 2.88. The molecule has 0 saturated heterocycles. The molecule has 56 valence electrons. The number of hydrogen-bond acceptors (Lipinski definition) is 2. The molecule has 1 aromatic rings. The molecule has 1 aromatic heterocycles. The van der Waals surface area contributed by atoms with Gasteiger partial charge in [0.15, 0.2) is 5.03 Å². The minimum Gasteiger partial charge on any atom is -0.337 e. The summed E-state index contributed by atoms with van der Waals surface area (Å²) in [7, 11) is 1.78.